The number of carbonyl (C=O) groups is 1. The maximum atomic E-state index is 12.3. The fourth-order valence-electron chi connectivity index (χ4n) is 3.28. The van der Waals surface area contributed by atoms with E-state index in [0.29, 0.717) is 6.04 Å². The Morgan fingerprint density at radius 1 is 1.19 bits per heavy atom. The van der Waals surface area contributed by atoms with E-state index < -0.39 is 5.60 Å². The van der Waals surface area contributed by atoms with Crippen LogP contribution in [0.25, 0.3) is 0 Å². The normalized spacial score (nSPS) is 35.5. The molecule has 4 atom stereocenters. The molecule has 0 radical (unpaired) electrons. The Morgan fingerprint density at radius 3 is 2.38 bits per heavy atom. The molecule has 0 bridgehead atoms. The van der Waals surface area contributed by atoms with Gasteiger partial charge in [-0.25, -0.2) is 0 Å². The number of esters is 1. The third-order valence-corrected chi connectivity index (χ3v) is 4.03. The highest BCUT2D eigenvalue weighted by Gasteiger charge is 2.35. The van der Waals surface area contributed by atoms with Crippen molar-refractivity contribution < 1.29 is 14.3 Å². The summed E-state index contributed by atoms with van der Waals surface area (Å²) in [5, 5.41) is 3.40. The molecular weight excluding hydrogens is 268 g/mol. The van der Waals surface area contributed by atoms with Gasteiger partial charge in [0, 0.05) is 32.2 Å². The summed E-state index contributed by atoms with van der Waals surface area (Å²) in [5.41, 5.74) is -0.411. The number of hydrogen-bond donors (Lipinski definition) is 1. The smallest absolute Gasteiger partial charge is 0.310 e. The number of ether oxygens (including phenoxy) is 2. The number of rotatable bonds is 2. The van der Waals surface area contributed by atoms with Crippen LogP contribution in [0.2, 0.25) is 0 Å². The average Bonchev–Trinajstić information content (AvgIpc) is 2.36. The second-order valence-electron chi connectivity index (χ2n) is 7.49. The lowest BCUT2D eigenvalue weighted by molar-refractivity contribution is -0.161. The molecule has 2 aliphatic rings. The first-order valence-electron chi connectivity index (χ1n) is 8.07. The van der Waals surface area contributed by atoms with Gasteiger partial charge >= 0.3 is 5.97 Å². The van der Waals surface area contributed by atoms with Crippen LogP contribution in [0.5, 0.6) is 0 Å². The molecule has 5 heteroatoms. The summed E-state index contributed by atoms with van der Waals surface area (Å²) in [4.78, 5) is 14.7. The number of piperidine rings is 1. The van der Waals surface area contributed by atoms with Crippen LogP contribution in [0.3, 0.4) is 0 Å². The van der Waals surface area contributed by atoms with Crippen molar-refractivity contribution in [3.63, 3.8) is 0 Å². The molecule has 0 amide bonds. The van der Waals surface area contributed by atoms with Crippen molar-refractivity contribution in [1.82, 2.24) is 10.2 Å². The summed E-state index contributed by atoms with van der Waals surface area (Å²) < 4.78 is 11.3. The van der Waals surface area contributed by atoms with Crippen LogP contribution in [-0.4, -0.2) is 60.9 Å². The number of nitrogens with zero attached hydrogens (tertiary/aromatic N) is 1. The summed E-state index contributed by atoms with van der Waals surface area (Å²) >= 11 is 0. The Bertz CT molecular complexity index is 357. The SMILES string of the molecule is C[C@@H]1CN([C@H]2CNC[C@@H](C(=O)OC(C)(C)C)C2)C[C@H](C)O1. The Kier molecular flexibility index (Phi) is 5.28. The third kappa shape index (κ3) is 4.94. The second-order valence-corrected chi connectivity index (χ2v) is 7.49. The Labute approximate surface area is 128 Å². The molecule has 5 nitrogen and oxygen atoms in total. The highest BCUT2D eigenvalue weighted by Crippen LogP contribution is 2.23. The van der Waals surface area contributed by atoms with Crippen molar-refractivity contribution >= 4 is 5.97 Å². The third-order valence-electron chi connectivity index (χ3n) is 4.03. The molecule has 0 aromatic heterocycles. The van der Waals surface area contributed by atoms with Crippen molar-refractivity contribution in [3.05, 3.63) is 0 Å². The van der Waals surface area contributed by atoms with Gasteiger partial charge in [0.25, 0.3) is 0 Å². The summed E-state index contributed by atoms with van der Waals surface area (Å²) in [5.74, 6) is -0.120. The number of nitrogens with one attached hydrogen (secondary N) is 1. The van der Waals surface area contributed by atoms with Crippen LogP contribution in [0.4, 0.5) is 0 Å². The Hall–Kier alpha value is -0.650. The molecule has 0 spiro atoms. The zero-order chi connectivity index (χ0) is 15.6. The molecular formula is C16H30N2O3. The summed E-state index contributed by atoms with van der Waals surface area (Å²) in [7, 11) is 0. The van der Waals surface area contributed by atoms with E-state index in [0.717, 1.165) is 32.6 Å². The summed E-state index contributed by atoms with van der Waals surface area (Å²) in [6, 6.07) is 0.394. The molecule has 122 valence electrons. The summed E-state index contributed by atoms with van der Waals surface area (Å²) in [6.07, 6.45) is 1.40. The van der Waals surface area contributed by atoms with E-state index in [1.165, 1.54) is 0 Å². The lowest BCUT2D eigenvalue weighted by Gasteiger charge is -2.43. The van der Waals surface area contributed by atoms with Crippen LogP contribution in [0.15, 0.2) is 0 Å². The fraction of sp³-hybridized carbons (Fsp3) is 0.938. The zero-order valence-electron chi connectivity index (χ0n) is 14.0. The largest absolute Gasteiger partial charge is 0.460 e. The second kappa shape index (κ2) is 6.63. The minimum atomic E-state index is -0.411. The molecule has 0 saturated carbocycles. The van der Waals surface area contributed by atoms with Gasteiger partial charge in [-0.2, -0.15) is 0 Å². The monoisotopic (exact) mass is 298 g/mol. The average molecular weight is 298 g/mol. The summed E-state index contributed by atoms with van der Waals surface area (Å²) in [6.45, 7) is 13.5. The van der Waals surface area contributed by atoms with E-state index in [9.17, 15) is 4.79 Å². The molecule has 2 heterocycles. The molecule has 21 heavy (non-hydrogen) atoms. The van der Waals surface area contributed by atoms with Crippen molar-refractivity contribution in [3.8, 4) is 0 Å². The minimum Gasteiger partial charge on any atom is -0.460 e. The first-order valence-corrected chi connectivity index (χ1v) is 8.07. The predicted octanol–water partition coefficient (Wildman–Crippen LogP) is 1.42. The van der Waals surface area contributed by atoms with E-state index in [4.69, 9.17) is 9.47 Å². The number of morpholine rings is 1. The van der Waals surface area contributed by atoms with E-state index in [1.54, 1.807) is 0 Å². The highest BCUT2D eigenvalue weighted by molar-refractivity contribution is 5.73. The van der Waals surface area contributed by atoms with Gasteiger partial charge in [0.1, 0.15) is 5.60 Å². The van der Waals surface area contributed by atoms with Crippen LogP contribution in [0.1, 0.15) is 41.0 Å². The van der Waals surface area contributed by atoms with Crippen molar-refractivity contribution in [2.24, 2.45) is 5.92 Å². The number of carbonyl (C=O) groups excluding carboxylic acids is 1. The van der Waals surface area contributed by atoms with Gasteiger partial charge < -0.3 is 14.8 Å². The molecule has 2 rings (SSSR count). The van der Waals surface area contributed by atoms with E-state index >= 15 is 0 Å². The number of hydrogen-bond acceptors (Lipinski definition) is 5. The van der Waals surface area contributed by atoms with Gasteiger partial charge in [-0.3, -0.25) is 9.69 Å². The minimum absolute atomic E-state index is 0.0450. The molecule has 2 saturated heterocycles. The molecule has 2 fully saturated rings. The Morgan fingerprint density at radius 2 is 1.81 bits per heavy atom. The quantitative estimate of drug-likeness (QED) is 0.781. The van der Waals surface area contributed by atoms with Gasteiger partial charge in [0.2, 0.25) is 0 Å². The van der Waals surface area contributed by atoms with Crippen molar-refractivity contribution in [1.29, 1.82) is 0 Å². The van der Waals surface area contributed by atoms with Gasteiger partial charge in [0.15, 0.2) is 0 Å². The van der Waals surface area contributed by atoms with E-state index in [1.807, 2.05) is 20.8 Å². The fourth-order valence-corrected chi connectivity index (χ4v) is 3.28. The van der Waals surface area contributed by atoms with Crippen LogP contribution >= 0.6 is 0 Å². The van der Waals surface area contributed by atoms with E-state index in [-0.39, 0.29) is 24.1 Å². The van der Waals surface area contributed by atoms with Crippen molar-refractivity contribution in [2.45, 2.75) is 64.9 Å². The molecule has 0 unspecified atom stereocenters. The standard InChI is InChI=1S/C16H30N2O3/c1-11-9-18(10-12(2)20-11)14-6-13(7-17-8-14)15(19)21-16(3,4)5/h11-14,17H,6-10H2,1-5H3/t11-,12+,13-,14+/m0/s1. The molecule has 2 aliphatic heterocycles. The predicted molar refractivity (Wildman–Crippen MR) is 82.2 cm³/mol. The van der Waals surface area contributed by atoms with Gasteiger partial charge in [-0.1, -0.05) is 0 Å². The first kappa shape index (κ1) is 16.7. The topological polar surface area (TPSA) is 50.8 Å². The molecule has 0 aromatic rings. The van der Waals surface area contributed by atoms with Crippen LogP contribution < -0.4 is 5.32 Å². The van der Waals surface area contributed by atoms with Gasteiger partial charge in [-0.05, 0) is 41.0 Å². The zero-order valence-corrected chi connectivity index (χ0v) is 14.0. The van der Waals surface area contributed by atoms with Gasteiger partial charge in [-0.15, -0.1) is 0 Å². The maximum Gasteiger partial charge on any atom is 0.310 e. The molecule has 0 aliphatic carbocycles. The Balaban J connectivity index is 1.92. The lowest BCUT2D eigenvalue weighted by atomic mass is 9.93. The van der Waals surface area contributed by atoms with Gasteiger partial charge in [0.05, 0.1) is 18.1 Å². The highest BCUT2D eigenvalue weighted by atomic mass is 16.6. The van der Waals surface area contributed by atoms with Crippen LogP contribution in [0, 0.1) is 5.92 Å². The van der Waals surface area contributed by atoms with Crippen molar-refractivity contribution in [2.75, 3.05) is 26.2 Å². The maximum absolute atomic E-state index is 12.3. The van der Waals surface area contributed by atoms with Crippen LogP contribution in [-0.2, 0) is 14.3 Å². The molecule has 1 N–H and O–H groups in total. The van der Waals surface area contributed by atoms with E-state index in [2.05, 4.69) is 24.1 Å². The molecule has 0 aromatic carbocycles. The lowest BCUT2D eigenvalue weighted by Crippen LogP contribution is -2.56. The first-order chi connectivity index (χ1) is 9.74.